The molecule has 0 unspecified atom stereocenters. The Balaban J connectivity index is 2.07. The van der Waals surface area contributed by atoms with Crippen LogP contribution in [0.3, 0.4) is 0 Å². The summed E-state index contributed by atoms with van der Waals surface area (Å²) in [4.78, 5) is 13.4. The van der Waals surface area contributed by atoms with Crippen molar-refractivity contribution in [3.05, 3.63) is 71.3 Å². The number of fused-ring (bicyclic) bond motifs is 1. The maximum Gasteiger partial charge on any atom is 0.235 e. The van der Waals surface area contributed by atoms with Gasteiger partial charge >= 0.3 is 0 Å². The summed E-state index contributed by atoms with van der Waals surface area (Å²) in [6, 6.07) is 18.0. The fourth-order valence-electron chi connectivity index (χ4n) is 3.72. The maximum atomic E-state index is 13.4. The number of hydrogen-bond acceptors (Lipinski definition) is 2. The fraction of sp³-hybridized carbons (Fsp3) is 0.381. The molecule has 126 valence electrons. The smallest absolute Gasteiger partial charge is 0.235 e. The van der Waals surface area contributed by atoms with Gasteiger partial charge in [-0.15, -0.1) is 0 Å². The summed E-state index contributed by atoms with van der Waals surface area (Å²) >= 11 is 0. The van der Waals surface area contributed by atoms with Gasteiger partial charge in [-0.3, -0.25) is 4.79 Å². The highest BCUT2D eigenvalue weighted by molar-refractivity contribution is 5.93. The monoisotopic (exact) mass is 323 g/mol. The van der Waals surface area contributed by atoms with Crippen LogP contribution in [0.2, 0.25) is 0 Å². The molecule has 24 heavy (non-hydrogen) atoms. The first-order chi connectivity index (χ1) is 11.6. The topological polar surface area (TPSA) is 49.3 Å². The third-order valence-electron chi connectivity index (χ3n) is 5.22. The molecule has 0 aromatic heterocycles. The number of benzene rings is 2. The van der Waals surface area contributed by atoms with Crippen LogP contribution in [0.1, 0.15) is 37.0 Å². The van der Waals surface area contributed by atoms with Crippen LogP contribution in [0.5, 0.6) is 0 Å². The first kappa shape index (κ1) is 16.7. The van der Waals surface area contributed by atoms with Crippen LogP contribution in [-0.2, 0) is 16.6 Å². The van der Waals surface area contributed by atoms with Crippen molar-refractivity contribution in [1.29, 1.82) is 0 Å². The van der Waals surface area contributed by atoms with E-state index in [4.69, 9.17) is 0 Å². The minimum Gasteiger partial charge on any atom is -0.394 e. The van der Waals surface area contributed by atoms with Crippen molar-refractivity contribution in [3.8, 4) is 0 Å². The molecule has 1 amide bonds. The first-order valence-corrected chi connectivity index (χ1v) is 8.65. The average molecular weight is 323 g/mol. The molecule has 0 fully saturated rings. The SMILES string of the molecule is CC(C)[C@@H](CO)NC(=O)[C@]1(c2ccccc2)CCc2ccccc21. The Morgan fingerprint density at radius 3 is 2.46 bits per heavy atom. The second-order valence-corrected chi connectivity index (χ2v) is 6.94. The van der Waals surface area contributed by atoms with Gasteiger partial charge in [-0.05, 0) is 35.4 Å². The van der Waals surface area contributed by atoms with Crippen LogP contribution in [0.25, 0.3) is 0 Å². The Hall–Kier alpha value is -2.13. The van der Waals surface area contributed by atoms with E-state index in [1.807, 2.05) is 56.3 Å². The van der Waals surface area contributed by atoms with Crippen molar-refractivity contribution in [2.75, 3.05) is 6.61 Å². The van der Waals surface area contributed by atoms with Crippen molar-refractivity contribution in [2.24, 2.45) is 5.92 Å². The summed E-state index contributed by atoms with van der Waals surface area (Å²) in [6.07, 6.45) is 1.66. The first-order valence-electron chi connectivity index (χ1n) is 8.65. The molecule has 1 aliphatic carbocycles. The number of aliphatic hydroxyl groups excluding tert-OH is 1. The number of nitrogens with one attached hydrogen (secondary N) is 1. The van der Waals surface area contributed by atoms with Gasteiger partial charge in [0.05, 0.1) is 18.1 Å². The van der Waals surface area contributed by atoms with E-state index < -0.39 is 5.41 Å². The number of carbonyl (C=O) groups excluding carboxylic acids is 1. The summed E-state index contributed by atoms with van der Waals surface area (Å²) in [5.41, 5.74) is 2.68. The van der Waals surface area contributed by atoms with Gasteiger partial charge in [0, 0.05) is 0 Å². The summed E-state index contributed by atoms with van der Waals surface area (Å²) in [5, 5.41) is 12.7. The molecule has 2 atom stereocenters. The molecular formula is C21H25NO2. The third kappa shape index (κ3) is 2.73. The molecule has 3 nitrogen and oxygen atoms in total. The van der Waals surface area contributed by atoms with E-state index in [9.17, 15) is 9.90 Å². The second-order valence-electron chi connectivity index (χ2n) is 6.94. The van der Waals surface area contributed by atoms with Crippen LogP contribution in [0, 0.1) is 5.92 Å². The molecule has 0 spiro atoms. The molecular weight excluding hydrogens is 298 g/mol. The Morgan fingerprint density at radius 2 is 1.79 bits per heavy atom. The van der Waals surface area contributed by atoms with Crippen LogP contribution in [-0.4, -0.2) is 23.7 Å². The van der Waals surface area contributed by atoms with E-state index in [2.05, 4.69) is 17.4 Å². The van der Waals surface area contributed by atoms with Crippen molar-refractivity contribution >= 4 is 5.91 Å². The molecule has 0 saturated carbocycles. The fourth-order valence-corrected chi connectivity index (χ4v) is 3.72. The van der Waals surface area contributed by atoms with Gasteiger partial charge in [-0.25, -0.2) is 0 Å². The largest absolute Gasteiger partial charge is 0.394 e. The van der Waals surface area contributed by atoms with Gasteiger partial charge in [-0.2, -0.15) is 0 Å². The molecule has 3 heteroatoms. The van der Waals surface area contributed by atoms with Crippen molar-refractivity contribution in [1.82, 2.24) is 5.32 Å². The van der Waals surface area contributed by atoms with Gasteiger partial charge in [-0.1, -0.05) is 68.4 Å². The van der Waals surface area contributed by atoms with E-state index in [0.717, 1.165) is 24.0 Å². The lowest BCUT2D eigenvalue weighted by Gasteiger charge is -2.32. The van der Waals surface area contributed by atoms with E-state index in [0.29, 0.717) is 0 Å². The summed E-state index contributed by atoms with van der Waals surface area (Å²) in [7, 11) is 0. The van der Waals surface area contributed by atoms with Crippen molar-refractivity contribution in [2.45, 2.75) is 38.1 Å². The van der Waals surface area contributed by atoms with Crippen LogP contribution < -0.4 is 5.32 Å². The Bertz CT molecular complexity index is 711. The Kier molecular flexibility index (Phi) is 4.72. The van der Waals surface area contributed by atoms with Crippen LogP contribution in [0.4, 0.5) is 0 Å². The molecule has 3 rings (SSSR count). The van der Waals surface area contributed by atoms with Gasteiger partial charge in [0.15, 0.2) is 0 Å². The molecule has 0 saturated heterocycles. The van der Waals surface area contributed by atoms with Crippen molar-refractivity contribution in [3.63, 3.8) is 0 Å². The third-order valence-corrected chi connectivity index (χ3v) is 5.22. The van der Waals surface area contributed by atoms with E-state index in [1.54, 1.807) is 0 Å². The Labute approximate surface area is 143 Å². The zero-order valence-corrected chi connectivity index (χ0v) is 14.3. The molecule has 2 N–H and O–H groups in total. The van der Waals surface area contributed by atoms with E-state index >= 15 is 0 Å². The summed E-state index contributed by atoms with van der Waals surface area (Å²) in [5.74, 6) is 0.176. The number of rotatable bonds is 5. The highest BCUT2D eigenvalue weighted by Crippen LogP contribution is 2.44. The molecule has 2 aromatic rings. The standard InChI is InChI=1S/C21H25NO2/c1-15(2)19(14-23)22-20(24)21(17-9-4-3-5-10-17)13-12-16-8-6-7-11-18(16)21/h3-11,15,19,23H,12-14H2,1-2H3,(H,22,24)/t19-,21+/m1/s1. The number of hydrogen-bond donors (Lipinski definition) is 2. The Morgan fingerprint density at radius 1 is 1.12 bits per heavy atom. The second kappa shape index (κ2) is 6.78. The molecule has 0 bridgehead atoms. The van der Waals surface area contributed by atoms with Gasteiger partial charge < -0.3 is 10.4 Å². The number of amides is 1. The predicted octanol–water partition coefficient (Wildman–Crippen LogP) is 3.05. The number of aliphatic hydroxyl groups is 1. The highest BCUT2D eigenvalue weighted by atomic mass is 16.3. The lowest BCUT2D eigenvalue weighted by atomic mass is 9.74. The lowest BCUT2D eigenvalue weighted by Crippen LogP contribution is -2.50. The molecule has 2 aromatic carbocycles. The molecule has 1 aliphatic rings. The molecule has 0 heterocycles. The van der Waals surface area contributed by atoms with Crippen molar-refractivity contribution < 1.29 is 9.90 Å². The quantitative estimate of drug-likeness (QED) is 0.888. The summed E-state index contributed by atoms with van der Waals surface area (Å²) in [6.45, 7) is 3.98. The normalized spacial score (nSPS) is 20.7. The predicted molar refractivity (Wildman–Crippen MR) is 95.8 cm³/mol. The molecule has 0 aliphatic heterocycles. The summed E-state index contributed by atoms with van der Waals surface area (Å²) < 4.78 is 0. The lowest BCUT2D eigenvalue weighted by molar-refractivity contribution is -0.126. The minimum absolute atomic E-state index is 0.00796. The minimum atomic E-state index is -0.667. The van der Waals surface area contributed by atoms with Gasteiger partial charge in [0.2, 0.25) is 5.91 Å². The van der Waals surface area contributed by atoms with Crippen LogP contribution >= 0.6 is 0 Å². The van der Waals surface area contributed by atoms with E-state index in [-0.39, 0.29) is 24.5 Å². The zero-order valence-electron chi connectivity index (χ0n) is 14.3. The van der Waals surface area contributed by atoms with E-state index in [1.165, 1.54) is 5.56 Å². The number of carbonyl (C=O) groups is 1. The average Bonchev–Trinajstić information content (AvgIpc) is 3.00. The maximum absolute atomic E-state index is 13.4. The zero-order chi connectivity index (χ0) is 17.2. The van der Waals surface area contributed by atoms with Crippen LogP contribution in [0.15, 0.2) is 54.6 Å². The highest BCUT2D eigenvalue weighted by Gasteiger charge is 2.47. The number of aryl methyl sites for hydroxylation is 1. The molecule has 0 radical (unpaired) electrons. The van der Waals surface area contributed by atoms with Gasteiger partial charge in [0.1, 0.15) is 0 Å². The van der Waals surface area contributed by atoms with Gasteiger partial charge in [0.25, 0.3) is 0 Å².